The molecule has 0 aliphatic rings. The number of hydrogen-bond donors (Lipinski definition) is 3. The van der Waals surface area contributed by atoms with Crippen molar-refractivity contribution >= 4 is 39.5 Å². The largest absolute Gasteiger partial charge is 0.472 e. The SMILES string of the molecule is CCCCCCCCCCCCCCCCCCCCCCC(=O)O[C@H](COC(=O)CCCCCCCCCCCCCCCCC(C)C)COP(=O)(O)OC[C@@H](O)COP(=O)(O)OC[C@@H](COC(=O)CCCCCCC)OC(=O)CCCCCCCCCCC. The first-order valence-corrected chi connectivity index (χ1v) is 40.6. The van der Waals surface area contributed by atoms with Gasteiger partial charge >= 0.3 is 39.5 Å². The third-order valence-corrected chi connectivity index (χ3v) is 18.7. The Morgan fingerprint density at radius 1 is 0.297 bits per heavy atom. The number of phosphoric ester groups is 2. The Morgan fingerprint density at radius 3 is 0.747 bits per heavy atom. The van der Waals surface area contributed by atoms with E-state index >= 15 is 0 Å². The summed E-state index contributed by atoms with van der Waals surface area (Å²) in [6, 6.07) is 0. The molecule has 91 heavy (non-hydrogen) atoms. The highest BCUT2D eigenvalue weighted by atomic mass is 31.2. The minimum atomic E-state index is -4.95. The Balaban J connectivity index is 5.11. The summed E-state index contributed by atoms with van der Waals surface area (Å²) < 4.78 is 68.1. The molecule has 17 nitrogen and oxygen atoms in total. The highest BCUT2D eigenvalue weighted by molar-refractivity contribution is 7.47. The van der Waals surface area contributed by atoms with Crippen molar-refractivity contribution in [2.24, 2.45) is 5.92 Å². The fourth-order valence-corrected chi connectivity index (χ4v) is 12.6. The van der Waals surface area contributed by atoms with Crippen molar-refractivity contribution in [3.63, 3.8) is 0 Å². The first kappa shape index (κ1) is 89.1. The van der Waals surface area contributed by atoms with E-state index in [9.17, 15) is 43.2 Å². The second kappa shape index (κ2) is 65.4. The summed E-state index contributed by atoms with van der Waals surface area (Å²) >= 11 is 0. The Kier molecular flexibility index (Phi) is 64.0. The molecule has 0 saturated heterocycles. The van der Waals surface area contributed by atoms with Crippen LogP contribution in [-0.2, 0) is 65.4 Å². The minimum Gasteiger partial charge on any atom is -0.462 e. The first-order valence-electron chi connectivity index (χ1n) is 37.6. The Hall–Kier alpha value is -1.94. The molecule has 5 atom stereocenters. The van der Waals surface area contributed by atoms with Gasteiger partial charge in [-0.2, -0.15) is 0 Å². The van der Waals surface area contributed by atoms with Crippen LogP contribution < -0.4 is 0 Å². The standard InChI is InChI=1S/C72H140O17P2/c1-6-9-12-15-17-19-20-21-22-23-24-25-26-27-32-35-39-43-48-53-58-72(77)89-68(62-83-70(75)56-51-46-41-38-34-31-29-28-30-33-37-40-45-49-54-65(4)5)64-87-91(80,81)85-60-66(73)59-84-90(78,79)86-63-67(61-82-69(74)55-50-44-14-11-8-3)88-71(76)57-52-47-42-36-18-16-13-10-7-2/h65-68,73H,6-64H2,1-5H3,(H,78,79)(H,80,81)/t66-,67+,68+/m0/s1. The monoisotopic (exact) mass is 1340 g/mol. The average Bonchev–Trinajstić information content (AvgIpc) is 2.68. The van der Waals surface area contributed by atoms with Gasteiger partial charge in [-0.3, -0.25) is 37.3 Å². The highest BCUT2D eigenvalue weighted by Crippen LogP contribution is 2.45. The summed E-state index contributed by atoms with van der Waals surface area (Å²) in [5, 5.41) is 10.6. The molecule has 0 bridgehead atoms. The van der Waals surface area contributed by atoms with Crippen LogP contribution in [0.4, 0.5) is 0 Å². The lowest BCUT2D eigenvalue weighted by atomic mass is 10.0. The molecule has 2 unspecified atom stereocenters. The van der Waals surface area contributed by atoms with Crippen LogP contribution in [-0.4, -0.2) is 96.7 Å². The summed E-state index contributed by atoms with van der Waals surface area (Å²) in [7, 11) is -9.89. The van der Waals surface area contributed by atoms with E-state index in [1.54, 1.807) is 0 Å². The molecule has 0 heterocycles. The van der Waals surface area contributed by atoms with Crippen molar-refractivity contribution in [1.82, 2.24) is 0 Å². The number of rotatable bonds is 72. The van der Waals surface area contributed by atoms with Crippen LogP contribution in [0.1, 0.15) is 375 Å². The second-order valence-corrected chi connectivity index (χ2v) is 29.4. The Bertz CT molecular complexity index is 1750. The summed E-state index contributed by atoms with van der Waals surface area (Å²) in [6.45, 7) is 7.18. The highest BCUT2D eigenvalue weighted by Gasteiger charge is 2.30. The Labute approximate surface area is 556 Å². The predicted molar refractivity (Wildman–Crippen MR) is 368 cm³/mol. The third-order valence-electron chi connectivity index (χ3n) is 16.8. The van der Waals surface area contributed by atoms with Crippen molar-refractivity contribution in [2.75, 3.05) is 39.6 Å². The molecule has 0 amide bonds. The van der Waals surface area contributed by atoms with Gasteiger partial charge in [-0.1, -0.05) is 324 Å². The van der Waals surface area contributed by atoms with E-state index in [2.05, 4.69) is 34.6 Å². The molecule has 0 aromatic rings. The molecule has 0 aliphatic heterocycles. The fraction of sp³-hybridized carbons (Fsp3) is 0.944. The lowest BCUT2D eigenvalue weighted by Crippen LogP contribution is -2.30. The number of phosphoric acid groups is 2. The Morgan fingerprint density at radius 2 is 0.505 bits per heavy atom. The van der Waals surface area contributed by atoms with E-state index in [1.165, 1.54) is 193 Å². The van der Waals surface area contributed by atoms with Gasteiger partial charge in [0.25, 0.3) is 0 Å². The maximum absolute atomic E-state index is 13.1. The van der Waals surface area contributed by atoms with Crippen molar-refractivity contribution in [3.05, 3.63) is 0 Å². The van der Waals surface area contributed by atoms with Crippen LogP contribution in [0.25, 0.3) is 0 Å². The molecule has 0 saturated carbocycles. The maximum Gasteiger partial charge on any atom is 0.472 e. The second-order valence-electron chi connectivity index (χ2n) is 26.5. The van der Waals surface area contributed by atoms with Gasteiger partial charge < -0.3 is 33.8 Å². The van der Waals surface area contributed by atoms with Crippen LogP contribution in [0, 0.1) is 5.92 Å². The van der Waals surface area contributed by atoms with Crippen LogP contribution >= 0.6 is 15.6 Å². The van der Waals surface area contributed by atoms with E-state index in [0.29, 0.717) is 25.7 Å². The summed E-state index contributed by atoms with van der Waals surface area (Å²) in [4.78, 5) is 72.3. The van der Waals surface area contributed by atoms with Gasteiger partial charge in [0.05, 0.1) is 26.4 Å². The van der Waals surface area contributed by atoms with E-state index in [1.807, 2.05) is 0 Å². The predicted octanol–water partition coefficient (Wildman–Crippen LogP) is 20.9. The number of aliphatic hydroxyl groups excluding tert-OH is 1. The van der Waals surface area contributed by atoms with Crippen LogP contribution in [0.2, 0.25) is 0 Å². The van der Waals surface area contributed by atoms with Gasteiger partial charge in [-0.25, -0.2) is 9.13 Å². The van der Waals surface area contributed by atoms with Gasteiger partial charge in [0.1, 0.15) is 19.3 Å². The molecule has 0 radical (unpaired) electrons. The molecule has 0 aromatic heterocycles. The van der Waals surface area contributed by atoms with Gasteiger partial charge in [-0.05, 0) is 31.6 Å². The summed E-state index contributed by atoms with van der Waals surface area (Å²) in [5.41, 5.74) is 0. The number of hydrogen-bond acceptors (Lipinski definition) is 15. The fourth-order valence-electron chi connectivity index (χ4n) is 11.0. The number of ether oxygens (including phenoxy) is 4. The third kappa shape index (κ3) is 66.5. The molecule has 0 rings (SSSR count). The minimum absolute atomic E-state index is 0.105. The number of carbonyl (C=O) groups is 4. The van der Waals surface area contributed by atoms with Gasteiger partial charge in [0, 0.05) is 25.7 Å². The molecule has 540 valence electrons. The van der Waals surface area contributed by atoms with Gasteiger partial charge in [0.15, 0.2) is 12.2 Å². The van der Waals surface area contributed by atoms with Crippen molar-refractivity contribution in [1.29, 1.82) is 0 Å². The zero-order valence-corrected chi connectivity index (χ0v) is 60.8. The van der Waals surface area contributed by atoms with Gasteiger partial charge in [-0.15, -0.1) is 0 Å². The molecular weight excluding hydrogens is 1200 g/mol. The first-order chi connectivity index (χ1) is 44.0. The van der Waals surface area contributed by atoms with Crippen LogP contribution in [0.15, 0.2) is 0 Å². The summed E-state index contributed by atoms with van der Waals surface area (Å²) in [5.74, 6) is -1.33. The maximum atomic E-state index is 13.1. The average molecular weight is 1340 g/mol. The number of carbonyl (C=O) groups excluding carboxylic acids is 4. The van der Waals surface area contributed by atoms with Crippen molar-refractivity contribution in [3.8, 4) is 0 Å². The lowest BCUT2D eigenvalue weighted by Gasteiger charge is -2.21. The van der Waals surface area contributed by atoms with Crippen LogP contribution in [0.3, 0.4) is 0 Å². The normalized spacial score (nSPS) is 14.0. The number of esters is 4. The topological polar surface area (TPSA) is 237 Å². The van der Waals surface area contributed by atoms with E-state index < -0.39 is 97.5 Å². The smallest absolute Gasteiger partial charge is 0.462 e. The van der Waals surface area contributed by atoms with E-state index in [-0.39, 0.29) is 25.7 Å². The van der Waals surface area contributed by atoms with Crippen molar-refractivity contribution in [2.45, 2.75) is 393 Å². The van der Waals surface area contributed by atoms with Gasteiger partial charge in [0.2, 0.25) is 0 Å². The number of unbranched alkanes of at least 4 members (excludes halogenated alkanes) is 44. The van der Waals surface area contributed by atoms with E-state index in [0.717, 1.165) is 102 Å². The molecular formula is C72H140O17P2. The van der Waals surface area contributed by atoms with E-state index in [4.69, 9.17) is 37.0 Å². The molecule has 0 aromatic carbocycles. The summed E-state index contributed by atoms with van der Waals surface area (Å²) in [6.07, 6.45) is 53.3. The lowest BCUT2D eigenvalue weighted by molar-refractivity contribution is -0.161. The molecule has 19 heteroatoms. The molecule has 0 spiro atoms. The zero-order chi connectivity index (χ0) is 67.0. The number of aliphatic hydroxyl groups is 1. The molecule has 3 N–H and O–H groups in total. The quantitative estimate of drug-likeness (QED) is 0.0222. The molecule has 0 aliphatic carbocycles. The molecule has 0 fully saturated rings. The van der Waals surface area contributed by atoms with Crippen molar-refractivity contribution < 1.29 is 80.2 Å². The zero-order valence-electron chi connectivity index (χ0n) is 59.0. The van der Waals surface area contributed by atoms with Crippen LogP contribution in [0.5, 0.6) is 0 Å².